The molecule has 1 fully saturated rings. The van der Waals surface area contributed by atoms with Crippen molar-refractivity contribution < 1.29 is 9.94 Å². The van der Waals surface area contributed by atoms with E-state index in [9.17, 15) is 9.59 Å². The van der Waals surface area contributed by atoms with Gasteiger partial charge in [-0.3, -0.25) is 14.6 Å². The number of aromatic amines is 2. The number of H-pyrrole nitrogens is 2. The maximum atomic E-state index is 11.5. The summed E-state index contributed by atoms with van der Waals surface area (Å²) < 4.78 is 0. The van der Waals surface area contributed by atoms with Crippen molar-refractivity contribution in [3.05, 3.63) is 32.6 Å². The zero-order chi connectivity index (χ0) is 11.7. The van der Waals surface area contributed by atoms with Crippen LogP contribution in [0.15, 0.2) is 15.8 Å². The van der Waals surface area contributed by atoms with E-state index in [1.807, 2.05) is 0 Å². The lowest BCUT2D eigenvalue weighted by Crippen LogP contribution is -2.29. The molecule has 0 radical (unpaired) electrons. The molecule has 1 aromatic rings. The van der Waals surface area contributed by atoms with E-state index in [4.69, 9.17) is 9.94 Å². The van der Waals surface area contributed by atoms with Crippen LogP contribution >= 0.6 is 0 Å². The maximum absolute atomic E-state index is 11.5. The van der Waals surface area contributed by atoms with Crippen molar-refractivity contribution in [1.29, 1.82) is 0 Å². The molecular formula is C9H13N3O4. The summed E-state index contributed by atoms with van der Waals surface area (Å²) >= 11 is 0. The van der Waals surface area contributed by atoms with E-state index in [1.165, 1.54) is 11.3 Å². The van der Waals surface area contributed by atoms with Gasteiger partial charge in [-0.1, -0.05) is 0 Å². The summed E-state index contributed by atoms with van der Waals surface area (Å²) in [7, 11) is 1.69. The summed E-state index contributed by atoms with van der Waals surface area (Å²) in [5.74, 6) is 0. The molecule has 0 saturated carbocycles. The average molecular weight is 227 g/mol. The van der Waals surface area contributed by atoms with Crippen LogP contribution in [0, 0.1) is 0 Å². The van der Waals surface area contributed by atoms with Gasteiger partial charge < -0.3 is 10.1 Å². The highest BCUT2D eigenvalue weighted by Gasteiger charge is 2.33. The van der Waals surface area contributed by atoms with Gasteiger partial charge in [0.1, 0.15) is 6.10 Å². The Morgan fingerprint density at radius 3 is 2.94 bits per heavy atom. The third kappa shape index (κ3) is 1.92. The Morgan fingerprint density at radius 1 is 1.62 bits per heavy atom. The Labute approximate surface area is 90.6 Å². The van der Waals surface area contributed by atoms with Crippen LogP contribution in [0.3, 0.4) is 0 Å². The van der Waals surface area contributed by atoms with Crippen LogP contribution in [0.25, 0.3) is 0 Å². The lowest BCUT2D eigenvalue weighted by Gasteiger charge is -2.16. The van der Waals surface area contributed by atoms with Gasteiger partial charge in [-0.15, -0.1) is 0 Å². The molecule has 1 saturated heterocycles. The van der Waals surface area contributed by atoms with Crippen molar-refractivity contribution >= 4 is 0 Å². The number of hydroxylamine groups is 2. The molecule has 1 aliphatic heterocycles. The van der Waals surface area contributed by atoms with Gasteiger partial charge in [-0.25, -0.2) is 4.79 Å². The molecule has 16 heavy (non-hydrogen) atoms. The van der Waals surface area contributed by atoms with E-state index < -0.39 is 11.2 Å². The zero-order valence-electron chi connectivity index (χ0n) is 8.77. The number of aliphatic hydroxyl groups is 1. The fourth-order valence-corrected chi connectivity index (χ4v) is 1.85. The normalized spacial score (nSPS) is 26.1. The number of nitrogens with zero attached hydrogens (tertiary/aromatic N) is 1. The van der Waals surface area contributed by atoms with Gasteiger partial charge in [-0.2, -0.15) is 5.06 Å². The van der Waals surface area contributed by atoms with Crippen LogP contribution in [0.2, 0.25) is 0 Å². The van der Waals surface area contributed by atoms with Crippen molar-refractivity contribution in [3.63, 3.8) is 0 Å². The molecule has 0 spiro atoms. The molecular weight excluding hydrogens is 214 g/mol. The molecule has 0 bridgehead atoms. The van der Waals surface area contributed by atoms with Crippen LogP contribution in [-0.4, -0.2) is 39.9 Å². The minimum atomic E-state index is -0.533. The maximum Gasteiger partial charge on any atom is 0.325 e. The van der Waals surface area contributed by atoms with Gasteiger partial charge in [-0.05, 0) is 0 Å². The highest BCUT2D eigenvalue weighted by molar-refractivity contribution is 5.10. The van der Waals surface area contributed by atoms with E-state index >= 15 is 0 Å². The molecule has 3 N–H and O–H groups in total. The second-order valence-electron chi connectivity index (χ2n) is 3.73. The molecule has 1 aliphatic rings. The van der Waals surface area contributed by atoms with Crippen molar-refractivity contribution in [2.45, 2.75) is 18.6 Å². The first kappa shape index (κ1) is 11.1. The highest BCUT2D eigenvalue weighted by Crippen LogP contribution is 2.29. The Hall–Kier alpha value is -1.44. The van der Waals surface area contributed by atoms with E-state index in [-0.39, 0.29) is 18.8 Å². The van der Waals surface area contributed by atoms with Gasteiger partial charge in [0.15, 0.2) is 0 Å². The predicted molar refractivity (Wildman–Crippen MR) is 54.8 cm³/mol. The first-order valence-corrected chi connectivity index (χ1v) is 4.94. The van der Waals surface area contributed by atoms with E-state index in [0.717, 1.165) is 0 Å². The average Bonchev–Trinajstić information content (AvgIpc) is 2.60. The molecule has 0 aliphatic carbocycles. The summed E-state index contributed by atoms with van der Waals surface area (Å²) in [6.07, 6.45) is 1.59. The lowest BCUT2D eigenvalue weighted by molar-refractivity contribution is -0.153. The van der Waals surface area contributed by atoms with Crippen LogP contribution < -0.4 is 11.2 Å². The minimum Gasteiger partial charge on any atom is -0.394 e. The number of nitrogens with one attached hydrogen (secondary N) is 2. The standard InChI is InChI=1S/C9H13N3O4/c1-12-7(2-5(4-13)16-12)6-3-10-9(15)11-8(6)14/h3,5,7,13H,2,4H2,1H3,(H2,10,11,14,15)/t5-,7-/m1/s1. The number of hydrogen-bond donors (Lipinski definition) is 3. The lowest BCUT2D eigenvalue weighted by atomic mass is 10.1. The molecule has 0 amide bonds. The molecule has 2 heterocycles. The molecule has 7 heteroatoms. The second kappa shape index (κ2) is 4.20. The summed E-state index contributed by atoms with van der Waals surface area (Å²) in [5, 5.41) is 10.5. The first-order valence-electron chi connectivity index (χ1n) is 4.94. The topological polar surface area (TPSA) is 98.4 Å². The number of rotatable bonds is 2. The fourth-order valence-electron chi connectivity index (χ4n) is 1.85. The van der Waals surface area contributed by atoms with E-state index in [2.05, 4.69) is 9.97 Å². The molecule has 88 valence electrons. The number of hydrogen-bond acceptors (Lipinski definition) is 5. The summed E-state index contributed by atoms with van der Waals surface area (Å²) in [6.45, 7) is -0.0951. The number of aliphatic hydroxyl groups excluding tert-OH is 1. The van der Waals surface area contributed by atoms with Crippen molar-refractivity contribution in [1.82, 2.24) is 15.0 Å². The number of aromatic nitrogens is 2. The quantitative estimate of drug-likeness (QED) is 0.585. The minimum absolute atomic E-state index is 0.0951. The third-order valence-electron chi connectivity index (χ3n) is 2.65. The van der Waals surface area contributed by atoms with Gasteiger partial charge in [0, 0.05) is 19.7 Å². The smallest absolute Gasteiger partial charge is 0.325 e. The second-order valence-corrected chi connectivity index (χ2v) is 3.73. The zero-order valence-corrected chi connectivity index (χ0v) is 8.77. The molecule has 2 atom stereocenters. The van der Waals surface area contributed by atoms with Crippen LogP contribution in [0.4, 0.5) is 0 Å². The van der Waals surface area contributed by atoms with Crippen LogP contribution in [-0.2, 0) is 4.84 Å². The Morgan fingerprint density at radius 2 is 2.38 bits per heavy atom. The van der Waals surface area contributed by atoms with Crippen molar-refractivity contribution in [3.8, 4) is 0 Å². The van der Waals surface area contributed by atoms with Crippen molar-refractivity contribution in [2.75, 3.05) is 13.7 Å². The molecule has 0 unspecified atom stereocenters. The summed E-state index contributed by atoms with van der Waals surface area (Å²) in [6, 6.07) is -0.252. The molecule has 1 aromatic heterocycles. The predicted octanol–water partition coefficient (Wildman–Crippen LogP) is -1.27. The molecule has 2 rings (SSSR count). The van der Waals surface area contributed by atoms with Gasteiger partial charge in [0.25, 0.3) is 5.56 Å². The molecule has 0 aromatic carbocycles. The van der Waals surface area contributed by atoms with E-state index in [1.54, 1.807) is 7.05 Å². The Bertz CT molecular complexity index is 480. The monoisotopic (exact) mass is 227 g/mol. The molecule has 7 nitrogen and oxygen atoms in total. The largest absolute Gasteiger partial charge is 0.394 e. The van der Waals surface area contributed by atoms with E-state index in [0.29, 0.717) is 12.0 Å². The van der Waals surface area contributed by atoms with Crippen LogP contribution in [0.1, 0.15) is 18.0 Å². The van der Waals surface area contributed by atoms with Crippen LogP contribution in [0.5, 0.6) is 0 Å². The summed E-state index contributed by atoms with van der Waals surface area (Å²) in [4.78, 5) is 32.3. The van der Waals surface area contributed by atoms with Gasteiger partial charge >= 0.3 is 5.69 Å². The highest BCUT2D eigenvalue weighted by atomic mass is 16.7. The fraction of sp³-hybridized carbons (Fsp3) is 0.556. The Balaban J connectivity index is 2.31. The Kier molecular flexibility index (Phi) is 2.90. The third-order valence-corrected chi connectivity index (χ3v) is 2.65. The van der Waals surface area contributed by atoms with Crippen molar-refractivity contribution in [2.24, 2.45) is 0 Å². The van der Waals surface area contributed by atoms with Gasteiger partial charge in [0.05, 0.1) is 18.2 Å². The first-order chi connectivity index (χ1) is 7.61. The SMILES string of the molecule is CN1O[C@@H](CO)C[C@@H]1c1c[nH]c(=O)[nH]c1=O. The van der Waals surface area contributed by atoms with Gasteiger partial charge in [0.2, 0.25) is 0 Å². The summed E-state index contributed by atoms with van der Waals surface area (Å²) in [5.41, 5.74) is -0.533.